The molecule has 4 aromatic rings. The highest BCUT2D eigenvalue weighted by Crippen LogP contribution is 2.36. The largest absolute Gasteiger partial charge is 0.416 e. The number of thiophene rings is 1. The zero-order valence-corrected chi connectivity index (χ0v) is 19.3. The van der Waals surface area contributed by atoms with E-state index in [0.717, 1.165) is 29.9 Å². The molecular weight excluding hydrogens is 466 g/mol. The van der Waals surface area contributed by atoms with Gasteiger partial charge in [0.15, 0.2) is 0 Å². The van der Waals surface area contributed by atoms with Crippen LogP contribution in [0.5, 0.6) is 0 Å². The van der Waals surface area contributed by atoms with Crippen LogP contribution in [0.1, 0.15) is 50.6 Å². The number of hydrogen-bond acceptors (Lipinski definition) is 3. The first-order chi connectivity index (χ1) is 16.1. The van der Waals surface area contributed by atoms with E-state index in [1.165, 1.54) is 23.5 Å². The third-order valence-corrected chi connectivity index (χ3v) is 7.11. The summed E-state index contributed by atoms with van der Waals surface area (Å²) < 4.78 is 56.2. The maximum absolute atomic E-state index is 14.7. The van der Waals surface area contributed by atoms with E-state index < -0.39 is 17.6 Å². The summed E-state index contributed by atoms with van der Waals surface area (Å²) >= 11 is 1.31. The summed E-state index contributed by atoms with van der Waals surface area (Å²) in [4.78, 5) is 13.4. The van der Waals surface area contributed by atoms with Gasteiger partial charge in [0.1, 0.15) is 5.82 Å². The van der Waals surface area contributed by atoms with Crippen LogP contribution in [0.4, 0.5) is 17.6 Å². The minimum Gasteiger partial charge on any atom is -0.349 e. The van der Waals surface area contributed by atoms with Crippen molar-refractivity contribution in [3.05, 3.63) is 81.2 Å². The van der Waals surface area contributed by atoms with Crippen LogP contribution in [0, 0.1) is 19.7 Å². The maximum Gasteiger partial charge on any atom is 0.416 e. The van der Waals surface area contributed by atoms with Crippen molar-refractivity contribution in [3.63, 3.8) is 0 Å². The van der Waals surface area contributed by atoms with Crippen molar-refractivity contribution < 1.29 is 22.4 Å². The molecular formula is C25H21F4N3OS. The molecule has 176 valence electrons. The standard InChI is InChI=1S/C25H21F4N3OS/c1-13-22(24(33)30-17-6-7-17)14(2)32(31-13)21-9-8-20(26)19-12-18(34-23(19)21)11-15-4-3-5-16(10-15)25(27,28)29/h3-5,8-10,12,17H,6-7,11H2,1-2H3,(H,30,33). The van der Waals surface area contributed by atoms with Crippen molar-refractivity contribution in [1.29, 1.82) is 0 Å². The Kier molecular flexibility index (Phi) is 5.47. The molecule has 0 radical (unpaired) electrons. The average molecular weight is 488 g/mol. The quantitative estimate of drug-likeness (QED) is 0.334. The minimum atomic E-state index is -4.42. The number of alkyl halides is 3. The van der Waals surface area contributed by atoms with Crippen molar-refractivity contribution in [1.82, 2.24) is 15.1 Å². The average Bonchev–Trinajstić information content (AvgIpc) is 3.39. The summed E-state index contributed by atoms with van der Waals surface area (Å²) in [5.41, 5.74) is 2.14. The molecule has 2 heterocycles. The van der Waals surface area contributed by atoms with Gasteiger partial charge in [-0.2, -0.15) is 18.3 Å². The molecule has 0 unspecified atom stereocenters. The lowest BCUT2D eigenvalue weighted by atomic mass is 10.1. The molecule has 0 saturated heterocycles. The molecule has 2 aromatic heterocycles. The molecule has 1 saturated carbocycles. The Bertz CT molecular complexity index is 1420. The Morgan fingerprint density at radius 1 is 1.18 bits per heavy atom. The third kappa shape index (κ3) is 4.20. The number of hydrogen-bond donors (Lipinski definition) is 1. The van der Waals surface area contributed by atoms with E-state index in [9.17, 15) is 22.4 Å². The van der Waals surface area contributed by atoms with Crippen molar-refractivity contribution in [2.45, 2.75) is 45.3 Å². The first-order valence-corrected chi connectivity index (χ1v) is 11.7. The van der Waals surface area contributed by atoms with E-state index in [4.69, 9.17) is 0 Å². The zero-order chi connectivity index (χ0) is 24.2. The highest BCUT2D eigenvalue weighted by atomic mass is 32.1. The molecule has 1 N–H and O–H groups in total. The van der Waals surface area contributed by atoms with Crippen molar-refractivity contribution in [2.24, 2.45) is 0 Å². The molecule has 0 aliphatic heterocycles. The van der Waals surface area contributed by atoms with Gasteiger partial charge in [0, 0.05) is 22.7 Å². The van der Waals surface area contributed by atoms with Gasteiger partial charge in [-0.05, 0) is 56.5 Å². The minimum absolute atomic E-state index is 0.168. The monoisotopic (exact) mass is 487 g/mol. The molecule has 9 heteroatoms. The fourth-order valence-corrected chi connectivity index (χ4v) is 5.33. The van der Waals surface area contributed by atoms with E-state index in [1.54, 1.807) is 36.7 Å². The number of carbonyl (C=O) groups is 1. The lowest BCUT2D eigenvalue weighted by molar-refractivity contribution is -0.137. The smallest absolute Gasteiger partial charge is 0.349 e. The fraction of sp³-hybridized carbons (Fsp3) is 0.280. The highest BCUT2D eigenvalue weighted by Gasteiger charge is 2.30. The number of aromatic nitrogens is 2. The molecule has 1 fully saturated rings. The van der Waals surface area contributed by atoms with Gasteiger partial charge in [0.05, 0.1) is 32.9 Å². The van der Waals surface area contributed by atoms with E-state index in [2.05, 4.69) is 10.4 Å². The van der Waals surface area contributed by atoms with Gasteiger partial charge in [0.25, 0.3) is 5.91 Å². The number of fused-ring (bicyclic) bond motifs is 1. The molecule has 1 aliphatic carbocycles. The van der Waals surface area contributed by atoms with Crippen LogP contribution >= 0.6 is 11.3 Å². The summed E-state index contributed by atoms with van der Waals surface area (Å²) in [5, 5.41) is 7.91. The Hall–Kier alpha value is -3.20. The van der Waals surface area contributed by atoms with Gasteiger partial charge in [-0.15, -0.1) is 11.3 Å². The van der Waals surface area contributed by atoms with E-state index in [1.807, 2.05) is 0 Å². The van der Waals surface area contributed by atoms with Gasteiger partial charge in [-0.3, -0.25) is 4.79 Å². The van der Waals surface area contributed by atoms with E-state index in [-0.39, 0.29) is 18.4 Å². The second-order valence-corrected chi connectivity index (χ2v) is 9.74. The first-order valence-electron chi connectivity index (χ1n) is 10.9. The number of carbonyl (C=O) groups excluding carboxylic acids is 1. The van der Waals surface area contributed by atoms with Gasteiger partial charge in [-0.25, -0.2) is 9.07 Å². The second-order valence-electron chi connectivity index (χ2n) is 8.60. The van der Waals surface area contributed by atoms with Crippen LogP contribution in [0.2, 0.25) is 0 Å². The number of nitrogens with zero attached hydrogens (tertiary/aromatic N) is 2. The van der Waals surface area contributed by atoms with Crippen molar-refractivity contribution in [3.8, 4) is 5.69 Å². The molecule has 0 spiro atoms. The van der Waals surface area contributed by atoms with Gasteiger partial charge < -0.3 is 5.32 Å². The topological polar surface area (TPSA) is 46.9 Å². The van der Waals surface area contributed by atoms with E-state index in [0.29, 0.717) is 38.3 Å². The lowest BCUT2D eigenvalue weighted by Gasteiger charge is -2.08. The third-order valence-electron chi connectivity index (χ3n) is 5.95. The Morgan fingerprint density at radius 2 is 1.94 bits per heavy atom. The summed E-state index contributed by atoms with van der Waals surface area (Å²) in [7, 11) is 0. The molecule has 34 heavy (non-hydrogen) atoms. The van der Waals surface area contributed by atoms with Gasteiger partial charge in [0.2, 0.25) is 0 Å². The number of amides is 1. The fourth-order valence-electron chi connectivity index (χ4n) is 4.13. The highest BCUT2D eigenvalue weighted by molar-refractivity contribution is 7.19. The Labute approximate surface area is 197 Å². The molecule has 5 rings (SSSR count). The molecule has 0 bridgehead atoms. The predicted octanol–water partition coefficient (Wildman–Crippen LogP) is 6.34. The summed E-state index contributed by atoms with van der Waals surface area (Å²) in [6, 6.07) is 10.0. The summed E-state index contributed by atoms with van der Waals surface area (Å²) in [5.74, 6) is -0.586. The van der Waals surface area contributed by atoms with Crippen LogP contribution in [0.3, 0.4) is 0 Å². The molecule has 1 amide bonds. The number of benzene rings is 2. The molecule has 0 atom stereocenters. The zero-order valence-electron chi connectivity index (χ0n) is 18.5. The van der Waals surface area contributed by atoms with Crippen LogP contribution in [-0.2, 0) is 12.6 Å². The maximum atomic E-state index is 14.7. The molecule has 4 nitrogen and oxygen atoms in total. The number of halogens is 4. The van der Waals surface area contributed by atoms with Crippen molar-refractivity contribution in [2.75, 3.05) is 0 Å². The second kappa shape index (κ2) is 8.23. The summed E-state index contributed by atoms with van der Waals surface area (Å²) in [6.45, 7) is 3.56. The first kappa shape index (κ1) is 22.6. The number of rotatable bonds is 5. The van der Waals surface area contributed by atoms with Crippen LogP contribution in [0.25, 0.3) is 15.8 Å². The molecule has 1 aliphatic rings. The molecule has 2 aromatic carbocycles. The Morgan fingerprint density at radius 3 is 2.65 bits per heavy atom. The number of aryl methyl sites for hydroxylation is 1. The van der Waals surface area contributed by atoms with Crippen molar-refractivity contribution >= 4 is 27.3 Å². The predicted molar refractivity (Wildman–Crippen MR) is 123 cm³/mol. The van der Waals surface area contributed by atoms with Crippen LogP contribution in [-0.4, -0.2) is 21.7 Å². The van der Waals surface area contributed by atoms with Crippen LogP contribution < -0.4 is 5.32 Å². The lowest BCUT2D eigenvalue weighted by Crippen LogP contribution is -2.26. The SMILES string of the molecule is Cc1nn(-c2ccc(F)c3cc(Cc4cccc(C(F)(F)F)c4)sc23)c(C)c1C(=O)NC1CC1. The normalized spacial score (nSPS) is 14.1. The van der Waals surface area contributed by atoms with Crippen LogP contribution in [0.15, 0.2) is 42.5 Å². The van der Waals surface area contributed by atoms with E-state index >= 15 is 0 Å². The number of nitrogens with one attached hydrogen (secondary N) is 1. The van der Waals surface area contributed by atoms with Gasteiger partial charge >= 0.3 is 6.18 Å². The van der Waals surface area contributed by atoms with Gasteiger partial charge in [-0.1, -0.05) is 18.2 Å². The Balaban J connectivity index is 1.53. The summed E-state index contributed by atoms with van der Waals surface area (Å²) in [6.07, 6.45) is -2.23.